The fourth-order valence-corrected chi connectivity index (χ4v) is 3.68. The maximum Gasteiger partial charge on any atom is 0.306 e. The molecule has 0 saturated heterocycles. The molecule has 150 valence electrons. The number of nitrogens with one attached hydrogen (secondary N) is 2. The highest BCUT2D eigenvalue weighted by Crippen LogP contribution is 2.22. The van der Waals surface area contributed by atoms with Gasteiger partial charge in [0, 0.05) is 24.7 Å². The number of amides is 2. The lowest BCUT2D eigenvalue weighted by molar-refractivity contribution is -0.147. The summed E-state index contributed by atoms with van der Waals surface area (Å²) in [6.07, 6.45) is 1.54. The van der Waals surface area contributed by atoms with Crippen LogP contribution in [0.3, 0.4) is 0 Å². The summed E-state index contributed by atoms with van der Waals surface area (Å²) in [4.78, 5) is 39.3. The van der Waals surface area contributed by atoms with Crippen molar-refractivity contribution in [3.05, 3.63) is 53.5 Å². The number of esters is 1. The molecule has 2 amide bonds. The van der Waals surface area contributed by atoms with Crippen LogP contribution in [0.15, 0.2) is 48.5 Å². The van der Waals surface area contributed by atoms with Crippen molar-refractivity contribution < 1.29 is 19.1 Å². The Morgan fingerprint density at radius 1 is 1.00 bits per heavy atom. The van der Waals surface area contributed by atoms with E-state index in [0.29, 0.717) is 24.2 Å². The third kappa shape index (κ3) is 6.39. The normalized spacial score (nSPS) is 10.5. The minimum atomic E-state index is -0.420. The van der Waals surface area contributed by atoms with Gasteiger partial charge in [0.2, 0.25) is 5.91 Å². The lowest BCUT2D eigenvalue weighted by Gasteiger charge is -2.08. The molecule has 2 aromatic carbocycles. The van der Waals surface area contributed by atoms with Crippen LogP contribution in [-0.2, 0) is 25.5 Å². The number of anilines is 2. The van der Waals surface area contributed by atoms with Gasteiger partial charge in [0.05, 0.1) is 15.2 Å². The first-order valence-electron chi connectivity index (χ1n) is 9.17. The zero-order valence-corrected chi connectivity index (χ0v) is 16.8. The van der Waals surface area contributed by atoms with Gasteiger partial charge in [-0.2, -0.15) is 0 Å². The van der Waals surface area contributed by atoms with Gasteiger partial charge in [-0.1, -0.05) is 12.1 Å². The van der Waals surface area contributed by atoms with Crippen LogP contribution in [0.1, 0.15) is 24.8 Å². The number of thiazole rings is 1. The average molecular weight is 411 g/mol. The highest BCUT2D eigenvalue weighted by Gasteiger charge is 2.09. The minimum Gasteiger partial charge on any atom is -0.456 e. The van der Waals surface area contributed by atoms with Gasteiger partial charge in [-0.3, -0.25) is 14.4 Å². The number of carbonyl (C=O) groups excluding carboxylic acids is 3. The lowest BCUT2D eigenvalue weighted by Crippen LogP contribution is -2.20. The Morgan fingerprint density at radius 2 is 1.69 bits per heavy atom. The van der Waals surface area contributed by atoms with Gasteiger partial charge in [0.25, 0.3) is 5.91 Å². The number of hydrogen-bond donors (Lipinski definition) is 2. The maximum atomic E-state index is 11.9. The fraction of sp³-hybridized carbons (Fsp3) is 0.238. The molecule has 0 fully saturated rings. The second-order valence-electron chi connectivity index (χ2n) is 6.40. The van der Waals surface area contributed by atoms with Crippen LogP contribution in [0.5, 0.6) is 0 Å². The van der Waals surface area contributed by atoms with Gasteiger partial charge in [-0.15, -0.1) is 11.3 Å². The van der Waals surface area contributed by atoms with E-state index in [4.69, 9.17) is 4.74 Å². The summed E-state index contributed by atoms with van der Waals surface area (Å²) in [7, 11) is 0. The lowest BCUT2D eigenvalue weighted by atomic mass is 10.2. The third-order valence-corrected chi connectivity index (χ3v) is 5.06. The number of ether oxygens (including phenoxy) is 1. The summed E-state index contributed by atoms with van der Waals surface area (Å²) in [6.45, 7) is 1.08. The smallest absolute Gasteiger partial charge is 0.306 e. The first-order chi connectivity index (χ1) is 14.0. The Kier molecular flexibility index (Phi) is 6.91. The summed E-state index contributed by atoms with van der Waals surface area (Å²) in [5, 5.41) is 6.26. The first kappa shape index (κ1) is 20.5. The number of benzene rings is 2. The van der Waals surface area contributed by atoms with Crippen LogP contribution in [0.25, 0.3) is 10.2 Å². The van der Waals surface area contributed by atoms with Crippen molar-refractivity contribution in [3.8, 4) is 0 Å². The average Bonchev–Trinajstić information content (AvgIpc) is 3.10. The van der Waals surface area contributed by atoms with Crippen molar-refractivity contribution >= 4 is 50.7 Å². The van der Waals surface area contributed by atoms with Crippen molar-refractivity contribution in [3.63, 3.8) is 0 Å². The maximum absolute atomic E-state index is 11.9. The molecule has 1 aromatic heterocycles. The van der Waals surface area contributed by atoms with E-state index >= 15 is 0 Å². The Balaban J connectivity index is 1.36. The van der Waals surface area contributed by atoms with E-state index in [2.05, 4.69) is 15.6 Å². The molecule has 0 saturated carbocycles. The summed E-state index contributed by atoms with van der Waals surface area (Å²) >= 11 is 1.62. The molecular formula is C21H21N3O4S. The summed E-state index contributed by atoms with van der Waals surface area (Å²) in [6, 6.07) is 14.6. The number of carbonyl (C=O) groups is 3. The number of para-hydroxylation sites is 1. The summed E-state index contributed by atoms with van der Waals surface area (Å²) < 4.78 is 6.16. The van der Waals surface area contributed by atoms with Crippen LogP contribution in [0, 0.1) is 0 Å². The van der Waals surface area contributed by atoms with Crippen molar-refractivity contribution in [2.45, 2.75) is 26.2 Å². The van der Waals surface area contributed by atoms with Crippen LogP contribution >= 0.6 is 11.3 Å². The first-order valence-corrected chi connectivity index (χ1v) is 9.99. The quantitative estimate of drug-likeness (QED) is 0.550. The Bertz CT molecular complexity index is 981. The van der Waals surface area contributed by atoms with Gasteiger partial charge in [-0.25, -0.2) is 4.98 Å². The van der Waals surface area contributed by atoms with Crippen molar-refractivity contribution in [2.75, 3.05) is 17.2 Å². The molecule has 0 spiro atoms. The number of hydrogen-bond acceptors (Lipinski definition) is 6. The summed E-state index contributed by atoms with van der Waals surface area (Å²) in [5.41, 5.74) is 2.16. The molecule has 0 unspecified atom stereocenters. The predicted octanol–water partition coefficient (Wildman–Crippen LogP) is 3.76. The molecule has 1 heterocycles. The Hall–Kier alpha value is -3.26. The number of nitrogens with zero attached hydrogens (tertiary/aromatic N) is 1. The molecule has 0 bridgehead atoms. The largest absolute Gasteiger partial charge is 0.456 e. The molecule has 29 heavy (non-hydrogen) atoms. The van der Waals surface area contributed by atoms with E-state index in [-0.39, 0.29) is 18.9 Å². The van der Waals surface area contributed by atoms with Gasteiger partial charge < -0.3 is 15.4 Å². The fourth-order valence-electron chi connectivity index (χ4n) is 2.67. The zero-order valence-electron chi connectivity index (χ0n) is 15.9. The van der Waals surface area contributed by atoms with Gasteiger partial charge in [0.15, 0.2) is 6.61 Å². The summed E-state index contributed by atoms with van der Waals surface area (Å²) in [5.74, 6) is -1.00. The molecule has 3 aromatic rings. The molecule has 0 atom stereocenters. The molecule has 0 aliphatic rings. The molecular weight excluding hydrogens is 390 g/mol. The van der Waals surface area contributed by atoms with E-state index in [9.17, 15) is 14.4 Å². The monoisotopic (exact) mass is 411 g/mol. The van der Waals surface area contributed by atoms with Gasteiger partial charge >= 0.3 is 5.97 Å². The van der Waals surface area contributed by atoms with Crippen LogP contribution in [-0.4, -0.2) is 29.4 Å². The van der Waals surface area contributed by atoms with E-state index in [1.807, 2.05) is 24.3 Å². The zero-order chi connectivity index (χ0) is 20.6. The van der Waals surface area contributed by atoms with Crippen molar-refractivity contribution in [1.29, 1.82) is 0 Å². The highest BCUT2D eigenvalue weighted by molar-refractivity contribution is 7.18. The molecule has 8 heteroatoms. The number of fused-ring (bicyclic) bond motifs is 1. The SMILES string of the molecule is CC(=O)Nc1ccc(NC(=O)COC(=O)CCCc2nc3ccccc3s2)cc1. The van der Waals surface area contributed by atoms with Crippen molar-refractivity contribution in [1.82, 2.24) is 4.98 Å². The Morgan fingerprint density at radius 3 is 2.38 bits per heavy atom. The number of aromatic nitrogens is 1. The van der Waals surface area contributed by atoms with E-state index in [1.54, 1.807) is 35.6 Å². The topological polar surface area (TPSA) is 97.4 Å². The van der Waals surface area contributed by atoms with Crippen LogP contribution in [0.4, 0.5) is 11.4 Å². The molecule has 2 N–H and O–H groups in total. The second-order valence-corrected chi connectivity index (χ2v) is 7.51. The van der Waals surface area contributed by atoms with E-state index < -0.39 is 11.9 Å². The van der Waals surface area contributed by atoms with Crippen LogP contribution in [0.2, 0.25) is 0 Å². The molecule has 0 aliphatic heterocycles. The van der Waals surface area contributed by atoms with Crippen molar-refractivity contribution in [2.24, 2.45) is 0 Å². The highest BCUT2D eigenvalue weighted by atomic mass is 32.1. The Labute approximate surface area is 172 Å². The standard InChI is InChI=1S/C21H21N3O4S/c1-14(25)22-15-9-11-16(12-10-15)23-19(26)13-28-21(27)8-4-7-20-24-17-5-2-3-6-18(17)29-20/h2-3,5-6,9-12H,4,7-8,13H2,1H3,(H,22,25)(H,23,26). The molecule has 0 radical (unpaired) electrons. The second kappa shape index (κ2) is 9.79. The number of aryl methyl sites for hydroxylation is 1. The molecule has 0 aliphatic carbocycles. The third-order valence-electron chi connectivity index (χ3n) is 3.96. The molecule has 7 nitrogen and oxygen atoms in total. The van der Waals surface area contributed by atoms with E-state index in [0.717, 1.165) is 15.2 Å². The molecule has 3 rings (SSSR count). The van der Waals surface area contributed by atoms with E-state index in [1.165, 1.54) is 6.92 Å². The minimum absolute atomic E-state index is 0.170. The van der Waals surface area contributed by atoms with Gasteiger partial charge in [-0.05, 0) is 49.2 Å². The van der Waals surface area contributed by atoms with Gasteiger partial charge in [0.1, 0.15) is 0 Å². The number of rotatable bonds is 8. The predicted molar refractivity (Wildman–Crippen MR) is 113 cm³/mol. The van der Waals surface area contributed by atoms with Crippen LogP contribution < -0.4 is 10.6 Å².